The van der Waals surface area contributed by atoms with E-state index in [9.17, 15) is 0 Å². The van der Waals surface area contributed by atoms with Crippen molar-refractivity contribution in [3.8, 4) is 0 Å². The highest BCUT2D eigenvalue weighted by atomic mass is 14.6. The molecule has 15 heavy (non-hydrogen) atoms. The third-order valence-corrected chi connectivity index (χ3v) is 3.03. The molecule has 0 unspecified atom stereocenters. The van der Waals surface area contributed by atoms with Gasteiger partial charge in [0.25, 0.3) is 0 Å². The van der Waals surface area contributed by atoms with Crippen LogP contribution in [0.25, 0.3) is 10.8 Å². The van der Waals surface area contributed by atoms with Gasteiger partial charge in [-0.1, -0.05) is 56.3 Å². The molecule has 1 heteroatoms. The molecule has 0 heterocycles. The van der Waals surface area contributed by atoms with Crippen molar-refractivity contribution in [2.75, 3.05) is 0 Å². The van der Waals surface area contributed by atoms with Crippen molar-refractivity contribution in [3.63, 3.8) is 0 Å². The van der Waals surface area contributed by atoms with Crippen LogP contribution in [0.2, 0.25) is 0 Å². The molecule has 2 aromatic carbocycles. The second-order valence-electron chi connectivity index (χ2n) is 4.42. The fourth-order valence-electron chi connectivity index (χ4n) is 1.93. The second-order valence-corrected chi connectivity index (χ2v) is 4.42. The summed E-state index contributed by atoms with van der Waals surface area (Å²) < 4.78 is 0. The first-order valence-electron chi connectivity index (χ1n) is 5.51. The molecule has 0 bridgehead atoms. The summed E-state index contributed by atoms with van der Waals surface area (Å²) in [4.78, 5) is 0. The molecule has 0 saturated carbocycles. The van der Waals surface area contributed by atoms with Gasteiger partial charge in [-0.25, -0.2) is 0 Å². The maximum atomic E-state index is 4.26. The van der Waals surface area contributed by atoms with Crippen molar-refractivity contribution in [2.24, 2.45) is 5.92 Å². The van der Waals surface area contributed by atoms with Crippen LogP contribution < -0.4 is 5.73 Å². The number of rotatable bonds is 2. The van der Waals surface area contributed by atoms with Gasteiger partial charge in [-0.3, -0.25) is 0 Å². The molecule has 0 aliphatic rings. The van der Waals surface area contributed by atoms with Crippen LogP contribution in [0.3, 0.4) is 0 Å². The Balaban J connectivity index is 2.60. The minimum Gasteiger partial charge on any atom is -0.351 e. The summed E-state index contributed by atoms with van der Waals surface area (Å²) in [5.41, 5.74) is 5.62. The van der Waals surface area contributed by atoms with E-state index in [1.54, 1.807) is 0 Å². The van der Waals surface area contributed by atoms with Crippen LogP contribution >= 0.6 is 0 Å². The molecule has 0 aromatic heterocycles. The van der Waals surface area contributed by atoms with E-state index in [0.29, 0.717) is 12.0 Å². The van der Waals surface area contributed by atoms with Gasteiger partial charge in [0.1, 0.15) is 6.04 Å². The van der Waals surface area contributed by atoms with Crippen LogP contribution in [-0.4, -0.2) is 0 Å². The average Bonchev–Trinajstić information content (AvgIpc) is 2.27. The summed E-state index contributed by atoms with van der Waals surface area (Å²) in [5.74, 6) is 0.579. The van der Waals surface area contributed by atoms with Gasteiger partial charge in [-0.2, -0.15) is 0 Å². The molecule has 0 radical (unpaired) electrons. The zero-order valence-corrected chi connectivity index (χ0v) is 9.40. The molecule has 0 aliphatic heterocycles. The smallest absolute Gasteiger partial charge is 0.113 e. The fraction of sp³-hybridized carbons (Fsp3) is 0.286. The number of hydrogen-bond donors (Lipinski definition) is 1. The van der Waals surface area contributed by atoms with E-state index in [1.807, 2.05) is 0 Å². The largest absolute Gasteiger partial charge is 0.351 e. The average molecular weight is 200 g/mol. The van der Waals surface area contributed by atoms with Gasteiger partial charge in [-0.05, 0) is 10.8 Å². The third kappa shape index (κ3) is 1.88. The Morgan fingerprint density at radius 1 is 0.933 bits per heavy atom. The van der Waals surface area contributed by atoms with Gasteiger partial charge in [0.2, 0.25) is 0 Å². The van der Waals surface area contributed by atoms with E-state index >= 15 is 0 Å². The first-order valence-corrected chi connectivity index (χ1v) is 5.51. The molecular weight excluding hydrogens is 182 g/mol. The molecule has 1 atom stereocenters. The zero-order chi connectivity index (χ0) is 10.8. The molecular formula is C14H18N+. The summed E-state index contributed by atoms with van der Waals surface area (Å²) in [6, 6.07) is 15.4. The van der Waals surface area contributed by atoms with E-state index in [0.717, 1.165) is 0 Å². The lowest BCUT2D eigenvalue weighted by Gasteiger charge is -2.14. The summed E-state index contributed by atoms with van der Waals surface area (Å²) in [6.45, 7) is 4.44. The number of hydrogen-bond acceptors (Lipinski definition) is 0. The first-order chi connectivity index (χ1) is 7.20. The topological polar surface area (TPSA) is 27.6 Å². The maximum absolute atomic E-state index is 4.26. The summed E-state index contributed by atoms with van der Waals surface area (Å²) in [7, 11) is 0. The van der Waals surface area contributed by atoms with Crippen molar-refractivity contribution >= 4 is 10.8 Å². The van der Waals surface area contributed by atoms with Gasteiger partial charge in [0.15, 0.2) is 0 Å². The lowest BCUT2D eigenvalue weighted by molar-refractivity contribution is -0.437. The first kappa shape index (κ1) is 10.2. The number of quaternary nitrogens is 1. The van der Waals surface area contributed by atoms with E-state index in [-0.39, 0.29) is 0 Å². The summed E-state index contributed by atoms with van der Waals surface area (Å²) in [5, 5.41) is 2.65. The Hall–Kier alpha value is -1.34. The monoisotopic (exact) mass is 200 g/mol. The third-order valence-electron chi connectivity index (χ3n) is 3.03. The van der Waals surface area contributed by atoms with Gasteiger partial charge < -0.3 is 5.73 Å². The summed E-state index contributed by atoms with van der Waals surface area (Å²) in [6.07, 6.45) is 0. The second kappa shape index (κ2) is 4.03. The molecule has 3 N–H and O–H groups in total. The van der Waals surface area contributed by atoms with Crippen LogP contribution in [0.5, 0.6) is 0 Å². The van der Waals surface area contributed by atoms with Crippen molar-refractivity contribution in [3.05, 3.63) is 48.0 Å². The zero-order valence-electron chi connectivity index (χ0n) is 9.40. The molecule has 2 aromatic rings. The van der Waals surface area contributed by atoms with E-state index in [4.69, 9.17) is 0 Å². The Bertz CT molecular complexity index is 454. The highest BCUT2D eigenvalue weighted by molar-refractivity contribution is 5.85. The lowest BCUT2D eigenvalue weighted by Crippen LogP contribution is -2.55. The van der Waals surface area contributed by atoms with Crippen LogP contribution in [-0.2, 0) is 0 Å². The van der Waals surface area contributed by atoms with E-state index in [2.05, 4.69) is 62.0 Å². The molecule has 0 amide bonds. The van der Waals surface area contributed by atoms with Gasteiger partial charge in [0, 0.05) is 11.5 Å². The van der Waals surface area contributed by atoms with Gasteiger partial charge in [-0.15, -0.1) is 0 Å². The quantitative estimate of drug-likeness (QED) is 0.772. The molecule has 2 rings (SSSR count). The van der Waals surface area contributed by atoms with E-state index in [1.165, 1.54) is 16.3 Å². The van der Waals surface area contributed by atoms with Crippen molar-refractivity contribution in [1.29, 1.82) is 0 Å². The SMILES string of the molecule is CC(C)[C@H]([NH3+])c1cccc2ccccc12. The molecule has 0 aliphatic carbocycles. The highest BCUT2D eigenvalue weighted by Crippen LogP contribution is 2.25. The van der Waals surface area contributed by atoms with Crippen LogP contribution in [0.4, 0.5) is 0 Å². The molecule has 0 saturated heterocycles. The fourth-order valence-corrected chi connectivity index (χ4v) is 1.93. The van der Waals surface area contributed by atoms with Crippen LogP contribution in [0, 0.1) is 5.92 Å². The number of benzene rings is 2. The normalized spacial score (nSPS) is 13.3. The predicted octanol–water partition coefficient (Wildman–Crippen LogP) is 2.78. The Morgan fingerprint density at radius 3 is 2.33 bits per heavy atom. The van der Waals surface area contributed by atoms with E-state index < -0.39 is 0 Å². The van der Waals surface area contributed by atoms with Crippen molar-refractivity contribution in [1.82, 2.24) is 0 Å². The van der Waals surface area contributed by atoms with Crippen molar-refractivity contribution in [2.45, 2.75) is 19.9 Å². The molecule has 0 fully saturated rings. The maximum Gasteiger partial charge on any atom is 0.113 e. The lowest BCUT2D eigenvalue weighted by atomic mass is 9.92. The number of fused-ring (bicyclic) bond motifs is 1. The predicted molar refractivity (Wildman–Crippen MR) is 64.4 cm³/mol. The van der Waals surface area contributed by atoms with Crippen LogP contribution in [0.15, 0.2) is 42.5 Å². The Kier molecular flexibility index (Phi) is 2.74. The summed E-state index contributed by atoms with van der Waals surface area (Å²) >= 11 is 0. The highest BCUT2D eigenvalue weighted by Gasteiger charge is 2.16. The standard InChI is InChI=1S/C14H17N/c1-10(2)14(15)13-9-5-7-11-6-3-4-8-12(11)13/h3-10,14H,15H2,1-2H3/p+1/t14-/m0/s1. The van der Waals surface area contributed by atoms with Crippen molar-refractivity contribution < 1.29 is 5.73 Å². The van der Waals surface area contributed by atoms with Gasteiger partial charge in [0.05, 0.1) is 0 Å². The molecule has 78 valence electrons. The minimum atomic E-state index is 0.371. The molecule has 1 nitrogen and oxygen atoms in total. The molecule has 0 spiro atoms. The van der Waals surface area contributed by atoms with Gasteiger partial charge >= 0.3 is 0 Å². The minimum absolute atomic E-state index is 0.371. The van der Waals surface area contributed by atoms with Crippen LogP contribution in [0.1, 0.15) is 25.5 Å². The Morgan fingerprint density at radius 2 is 1.60 bits per heavy atom. The Labute approximate surface area is 90.9 Å².